The largest absolute Gasteiger partial charge is 0.495 e. The highest BCUT2D eigenvalue weighted by atomic mass is 79.9. The van der Waals surface area contributed by atoms with Gasteiger partial charge in [-0.1, -0.05) is 15.9 Å². The molecule has 0 unspecified atom stereocenters. The molecule has 0 bridgehead atoms. The normalized spacial score (nSPS) is 10.4. The number of amides is 2. The summed E-state index contributed by atoms with van der Waals surface area (Å²) in [6, 6.07) is 3.55. The number of nitrogens with one attached hydrogen (secondary N) is 1. The van der Waals surface area contributed by atoms with Crippen LogP contribution in [0.25, 0.3) is 0 Å². The zero-order valence-corrected chi connectivity index (χ0v) is 14.6. The van der Waals surface area contributed by atoms with Gasteiger partial charge in [0.15, 0.2) is 0 Å². The molecule has 1 heterocycles. The number of carbonyl (C=O) groups excluding carboxylic acids is 1. The molecule has 7 heteroatoms. The van der Waals surface area contributed by atoms with Gasteiger partial charge < -0.3 is 15.0 Å². The Balaban J connectivity index is 2.11. The molecule has 1 aromatic heterocycles. The van der Waals surface area contributed by atoms with E-state index in [0.29, 0.717) is 18.0 Å². The third-order valence-corrected chi connectivity index (χ3v) is 3.70. The van der Waals surface area contributed by atoms with E-state index >= 15 is 0 Å². The monoisotopic (exact) mass is 366 g/mol. The fourth-order valence-electron chi connectivity index (χ4n) is 2.14. The Kier molecular flexibility index (Phi) is 5.07. The fraction of sp³-hybridized carbons (Fsp3) is 0.333. The molecular weight excluding hydrogens is 348 g/mol. The Morgan fingerprint density at radius 3 is 2.82 bits per heavy atom. The van der Waals surface area contributed by atoms with Crippen LogP contribution in [0.2, 0.25) is 0 Å². The number of aryl methyl sites for hydroxylation is 2. The third-order valence-electron chi connectivity index (χ3n) is 3.24. The van der Waals surface area contributed by atoms with Gasteiger partial charge in [0.2, 0.25) is 0 Å². The molecule has 22 heavy (non-hydrogen) atoms. The molecule has 0 spiro atoms. The number of nitrogens with zero attached hydrogens (tertiary/aromatic N) is 3. The van der Waals surface area contributed by atoms with Crippen molar-refractivity contribution < 1.29 is 9.53 Å². The van der Waals surface area contributed by atoms with Gasteiger partial charge in [-0.15, -0.1) is 0 Å². The Labute approximate surface area is 138 Å². The average molecular weight is 367 g/mol. The van der Waals surface area contributed by atoms with Crippen molar-refractivity contribution in [1.82, 2.24) is 14.7 Å². The number of hydrogen-bond donors (Lipinski definition) is 1. The van der Waals surface area contributed by atoms with Crippen LogP contribution >= 0.6 is 15.9 Å². The summed E-state index contributed by atoms with van der Waals surface area (Å²) in [6.45, 7) is 2.40. The molecule has 0 aliphatic heterocycles. The van der Waals surface area contributed by atoms with E-state index < -0.39 is 0 Å². The predicted octanol–water partition coefficient (Wildman–Crippen LogP) is 3.16. The highest BCUT2D eigenvalue weighted by Gasteiger charge is 2.15. The predicted molar refractivity (Wildman–Crippen MR) is 89.1 cm³/mol. The van der Waals surface area contributed by atoms with Crippen LogP contribution in [0.15, 0.2) is 29.0 Å². The maximum Gasteiger partial charge on any atom is 0.322 e. The minimum Gasteiger partial charge on any atom is -0.495 e. The molecule has 118 valence electrons. The summed E-state index contributed by atoms with van der Waals surface area (Å²) < 4.78 is 7.95. The number of carbonyl (C=O) groups is 1. The van der Waals surface area contributed by atoms with Crippen molar-refractivity contribution in [1.29, 1.82) is 0 Å². The van der Waals surface area contributed by atoms with Gasteiger partial charge in [0.1, 0.15) is 5.75 Å². The Morgan fingerprint density at radius 2 is 2.23 bits per heavy atom. The van der Waals surface area contributed by atoms with Crippen molar-refractivity contribution >= 4 is 27.6 Å². The van der Waals surface area contributed by atoms with Crippen LogP contribution < -0.4 is 10.1 Å². The van der Waals surface area contributed by atoms with E-state index in [2.05, 4.69) is 26.3 Å². The first-order valence-electron chi connectivity index (χ1n) is 6.74. The summed E-state index contributed by atoms with van der Waals surface area (Å²) in [7, 11) is 5.17. The van der Waals surface area contributed by atoms with E-state index in [-0.39, 0.29) is 6.03 Å². The molecule has 1 aromatic carbocycles. The molecule has 0 aliphatic carbocycles. The maximum absolute atomic E-state index is 12.3. The van der Waals surface area contributed by atoms with E-state index in [9.17, 15) is 4.79 Å². The van der Waals surface area contributed by atoms with Gasteiger partial charge in [0.25, 0.3) is 0 Å². The zero-order chi connectivity index (χ0) is 16.3. The van der Waals surface area contributed by atoms with Crippen LogP contribution in [0.1, 0.15) is 11.1 Å². The number of benzene rings is 1. The number of rotatable bonds is 4. The van der Waals surface area contributed by atoms with Crippen LogP contribution in [0.4, 0.5) is 10.5 Å². The second kappa shape index (κ2) is 6.83. The Bertz CT molecular complexity index is 684. The summed E-state index contributed by atoms with van der Waals surface area (Å²) in [5.74, 6) is 0.620. The van der Waals surface area contributed by atoms with Crippen molar-refractivity contribution in [3.8, 4) is 5.75 Å². The molecule has 2 aromatic rings. The van der Waals surface area contributed by atoms with Gasteiger partial charge in [-0.2, -0.15) is 5.10 Å². The number of urea groups is 1. The van der Waals surface area contributed by atoms with E-state index in [4.69, 9.17) is 4.74 Å². The van der Waals surface area contributed by atoms with E-state index in [1.54, 1.807) is 29.9 Å². The Hall–Kier alpha value is -2.02. The molecule has 2 amide bonds. The number of halogens is 1. The van der Waals surface area contributed by atoms with Crippen LogP contribution in [0, 0.1) is 6.92 Å². The average Bonchev–Trinajstić information content (AvgIpc) is 2.86. The minimum atomic E-state index is -0.201. The fourth-order valence-corrected chi connectivity index (χ4v) is 2.69. The van der Waals surface area contributed by atoms with Gasteiger partial charge in [0, 0.05) is 30.3 Å². The first kappa shape index (κ1) is 16.4. The molecule has 0 saturated heterocycles. The van der Waals surface area contributed by atoms with Gasteiger partial charge >= 0.3 is 6.03 Å². The molecular formula is C15H19BrN4O2. The van der Waals surface area contributed by atoms with Crippen molar-refractivity contribution in [3.63, 3.8) is 0 Å². The van der Waals surface area contributed by atoms with Gasteiger partial charge in [-0.3, -0.25) is 4.68 Å². The number of anilines is 1. The van der Waals surface area contributed by atoms with E-state index in [1.807, 2.05) is 32.3 Å². The number of hydrogen-bond acceptors (Lipinski definition) is 3. The summed E-state index contributed by atoms with van der Waals surface area (Å²) in [6.07, 6.45) is 3.63. The zero-order valence-electron chi connectivity index (χ0n) is 13.1. The van der Waals surface area contributed by atoms with E-state index in [1.165, 1.54) is 0 Å². The van der Waals surface area contributed by atoms with Crippen molar-refractivity contribution in [2.24, 2.45) is 7.05 Å². The molecule has 0 fully saturated rings. The minimum absolute atomic E-state index is 0.201. The maximum atomic E-state index is 12.3. The quantitative estimate of drug-likeness (QED) is 0.903. The molecule has 1 N–H and O–H groups in total. The summed E-state index contributed by atoms with van der Waals surface area (Å²) in [5, 5.41) is 7.00. The first-order chi connectivity index (χ1) is 10.4. The lowest BCUT2D eigenvalue weighted by atomic mass is 10.2. The van der Waals surface area contributed by atoms with Crippen molar-refractivity contribution in [3.05, 3.63) is 40.1 Å². The molecule has 6 nitrogen and oxygen atoms in total. The lowest BCUT2D eigenvalue weighted by Gasteiger charge is -2.19. The van der Waals surface area contributed by atoms with Crippen LogP contribution in [0.5, 0.6) is 5.75 Å². The van der Waals surface area contributed by atoms with Crippen molar-refractivity contribution in [2.45, 2.75) is 13.5 Å². The summed E-state index contributed by atoms with van der Waals surface area (Å²) >= 11 is 3.42. The lowest BCUT2D eigenvalue weighted by molar-refractivity contribution is 0.220. The number of aromatic nitrogens is 2. The van der Waals surface area contributed by atoms with Crippen LogP contribution in [0.3, 0.4) is 0 Å². The van der Waals surface area contributed by atoms with Gasteiger partial charge in [0.05, 0.1) is 25.5 Å². The molecule has 2 rings (SSSR count). The lowest BCUT2D eigenvalue weighted by Crippen LogP contribution is -2.31. The van der Waals surface area contributed by atoms with Crippen LogP contribution in [-0.4, -0.2) is 34.9 Å². The first-order valence-corrected chi connectivity index (χ1v) is 7.53. The second-order valence-corrected chi connectivity index (χ2v) is 6.02. The van der Waals surface area contributed by atoms with Crippen LogP contribution in [-0.2, 0) is 13.6 Å². The SMILES string of the molecule is COc1cc(Br)cc(C)c1NC(=O)N(C)Cc1cnn(C)c1. The highest BCUT2D eigenvalue weighted by molar-refractivity contribution is 9.10. The van der Waals surface area contributed by atoms with Gasteiger partial charge in [-0.05, 0) is 24.6 Å². The molecule has 0 atom stereocenters. The topological polar surface area (TPSA) is 59.4 Å². The highest BCUT2D eigenvalue weighted by Crippen LogP contribution is 2.32. The smallest absolute Gasteiger partial charge is 0.322 e. The van der Waals surface area contributed by atoms with Gasteiger partial charge in [-0.25, -0.2) is 4.79 Å². The molecule has 0 radical (unpaired) electrons. The van der Waals surface area contributed by atoms with E-state index in [0.717, 1.165) is 15.6 Å². The van der Waals surface area contributed by atoms with Crippen molar-refractivity contribution in [2.75, 3.05) is 19.5 Å². The molecule has 0 aliphatic rings. The Morgan fingerprint density at radius 1 is 1.50 bits per heavy atom. The number of methoxy groups -OCH3 is 1. The standard InChI is InChI=1S/C15H19BrN4O2/c1-10-5-12(16)6-13(22-4)14(10)18-15(21)19(2)8-11-7-17-20(3)9-11/h5-7,9H,8H2,1-4H3,(H,18,21). The summed E-state index contributed by atoms with van der Waals surface area (Å²) in [5.41, 5.74) is 2.57. The second-order valence-electron chi connectivity index (χ2n) is 5.11. The molecule has 0 saturated carbocycles. The summed E-state index contributed by atoms with van der Waals surface area (Å²) in [4.78, 5) is 13.9. The third kappa shape index (κ3) is 3.79. The number of ether oxygens (including phenoxy) is 1.